The van der Waals surface area contributed by atoms with E-state index in [9.17, 15) is 8.78 Å². The molecule has 0 fully saturated rings. The number of anilines is 1. The molecule has 0 amide bonds. The summed E-state index contributed by atoms with van der Waals surface area (Å²) < 4.78 is 44.9. The third-order valence-electron chi connectivity index (χ3n) is 5.69. The van der Waals surface area contributed by atoms with Gasteiger partial charge in [0.25, 0.3) is 12.1 Å². The van der Waals surface area contributed by atoms with Gasteiger partial charge in [-0.1, -0.05) is 39.4 Å². The minimum absolute atomic E-state index is 0.0442. The number of rotatable bonds is 4. The van der Waals surface area contributed by atoms with Crippen LogP contribution in [0.15, 0.2) is 52.7 Å². The molecule has 2 unspecified atom stereocenters. The lowest BCUT2D eigenvalue weighted by atomic mass is 10.0. The van der Waals surface area contributed by atoms with Crippen molar-refractivity contribution in [3.63, 3.8) is 0 Å². The van der Waals surface area contributed by atoms with Crippen molar-refractivity contribution in [1.82, 2.24) is 0 Å². The van der Waals surface area contributed by atoms with Gasteiger partial charge in [-0.05, 0) is 56.2 Å². The van der Waals surface area contributed by atoms with E-state index in [1.165, 1.54) is 0 Å². The molecule has 2 aliphatic heterocycles. The molecule has 2 aromatic carbocycles. The number of carboxylic acid groups (broad SMARTS) is 1. The van der Waals surface area contributed by atoms with E-state index < -0.39 is 5.66 Å². The number of carbonyl (C=O) groups is 1. The smallest absolute Gasteiger partial charge is 0.298 e. The summed E-state index contributed by atoms with van der Waals surface area (Å²) in [6.45, 7) is 5.57. The summed E-state index contributed by atoms with van der Waals surface area (Å²) in [7, 11) is 4.81. The van der Waals surface area contributed by atoms with E-state index in [1.54, 1.807) is 71.7 Å². The Balaban J connectivity index is 0.000000302. The van der Waals surface area contributed by atoms with E-state index in [0.717, 1.165) is 5.56 Å². The number of fused-ring (bicyclic) bond motifs is 3. The van der Waals surface area contributed by atoms with Gasteiger partial charge in [-0.3, -0.25) is 14.7 Å². The van der Waals surface area contributed by atoms with Crippen molar-refractivity contribution in [3.8, 4) is 11.5 Å². The number of allylic oxidation sites excluding steroid dienone is 1. The van der Waals surface area contributed by atoms with Gasteiger partial charge in [0, 0.05) is 21.7 Å². The first kappa shape index (κ1) is 31.8. The lowest BCUT2D eigenvalue weighted by Gasteiger charge is -2.37. The summed E-state index contributed by atoms with van der Waals surface area (Å²) in [6.07, 6.45) is 0.0362. The number of aliphatic imine (C=N–C) groups is 1. The van der Waals surface area contributed by atoms with Crippen LogP contribution in [0.25, 0.3) is 0 Å². The molecule has 3 atom stereocenters. The summed E-state index contributed by atoms with van der Waals surface area (Å²) >= 11 is 11.8. The van der Waals surface area contributed by atoms with Crippen molar-refractivity contribution < 1.29 is 32.9 Å². The third kappa shape index (κ3) is 7.56. The second-order valence-electron chi connectivity index (χ2n) is 8.24. The highest BCUT2D eigenvalue weighted by molar-refractivity contribution is 7.18. The minimum atomic E-state index is -3.06. The Morgan fingerprint density at radius 2 is 1.76 bits per heavy atom. The highest BCUT2D eigenvalue weighted by atomic mass is 35.5. The first-order valence-corrected chi connectivity index (χ1v) is 12.9. The van der Waals surface area contributed by atoms with Crippen LogP contribution in [0.2, 0.25) is 10.0 Å². The van der Waals surface area contributed by atoms with E-state index in [1.807, 2.05) is 13.8 Å². The number of hydrogen-bond donors (Lipinski definition) is 1. The number of alkyl halides is 2. The molecule has 12 heteroatoms. The fraction of sp³-hybridized carbons (Fsp3) is 0.385. The molecular formula is C26H31Cl2F2N2O5P. The Hall–Kier alpha value is -2.45. The molecule has 0 aliphatic carbocycles. The van der Waals surface area contributed by atoms with Gasteiger partial charge in [0.05, 0.1) is 38.3 Å². The first-order valence-electron chi connectivity index (χ1n) is 11.5. The molecular weight excluding hydrogens is 560 g/mol. The molecule has 0 saturated carbocycles. The van der Waals surface area contributed by atoms with Gasteiger partial charge in [0.15, 0.2) is 11.5 Å². The summed E-state index contributed by atoms with van der Waals surface area (Å²) in [5.41, 5.74) is -1.12. The predicted octanol–water partition coefficient (Wildman–Crippen LogP) is 7.23. The Kier molecular flexibility index (Phi) is 11.8. The zero-order valence-corrected chi connectivity index (χ0v) is 24.3. The molecule has 2 heterocycles. The van der Waals surface area contributed by atoms with Crippen LogP contribution < -0.4 is 14.4 Å². The molecule has 7 nitrogen and oxygen atoms in total. The lowest BCUT2D eigenvalue weighted by Crippen LogP contribution is -2.45. The third-order valence-corrected chi connectivity index (χ3v) is 6.44. The highest BCUT2D eigenvalue weighted by Crippen LogP contribution is 2.45. The maximum Gasteiger partial charge on any atom is 0.298 e. The SMILES string of the molecule is CC[C@@H]1OC(C)c2cc(Cl)ccc2N2C1=NCC(C)=C2C(F)(F)P.COc1ccc(Cl)cc1OC.O=CO. The Labute approximate surface area is 233 Å². The van der Waals surface area contributed by atoms with E-state index in [4.69, 9.17) is 47.3 Å². The van der Waals surface area contributed by atoms with E-state index >= 15 is 0 Å². The van der Waals surface area contributed by atoms with Crippen LogP contribution in [-0.2, 0) is 9.53 Å². The van der Waals surface area contributed by atoms with Gasteiger partial charge in [0.1, 0.15) is 11.9 Å². The van der Waals surface area contributed by atoms with Gasteiger partial charge in [-0.25, -0.2) is 0 Å². The summed E-state index contributed by atoms with van der Waals surface area (Å²) in [5, 5.41) is 8.08. The summed E-state index contributed by atoms with van der Waals surface area (Å²) in [5.74, 6) is 1.88. The zero-order valence-electron chi connectivity index (χ0n) is 21.7. The lowest BCUT2D eigenvalue weighted by molar-refractivity contribution is -0.122. The van der Waals surface area contributed by atoms with Gasteiger partial charge in [0.2, 0.25) is 0 Å². The normalized spacial score (nSPS) is 18.4. The topological polar surface area (TPSA) is 80.6 Å². The predicted molar refractivity (Wildman–Crippen MR) is 150 cm³/mol. The molecule has 0 aromatic heterocycles. The van der Waals surface area contributed by atoms with E-state index in [2.05, 4.69) is 4.99 Å². The van der Waals surface area contributed by atoms with Crippen molar-refractivity contribution in [1.29, 1.82) is 0 Å². The number of halogens is 4. The average Bonchev–Trinajstić information content (AvgIpc) is 2.98. The molecule has 4 rings (SSSR count). The maximum absolute atomic E-state index is 14.4. The second-order valence-corrected chi connectivity index (χ2v) is 9.84. The highest BCUT2D eigenvalue weighted by Gasteiger charge is 2.43. The molecule has 2 aliphatic rings. The van der Waals surface area contributed by atoms with Crippen LogP contribution in [0, 0.1) is 0 Å². The molecule has 0 bridgehead atoms. The first-order chi connectivity index (χ1) is 17.9. The fourth-order valence-corrected chi connectivity index (χ4v) is 4.82. The number of nitrogens with zero attached hydrogens (tertiary/aromatic N) is 2. The molecule has 0 radical (unpaired) electrons. The molecule has 0 spiro atoms. The average molecular weight is 591 g/mol. The molecule has 2 aromatic rings. The van der Waals surface area contributed by atoms with Crippen molar-refractivity contribution in [2.75, 3.05) is 25.7 Å². The number of methoxy groups -OCH3 is 2. The number of amidine groups is 1. The molecule has 0 saturated heterocycles. The minimum Gasteiger partial charge on any atom is -0.493 e. The Morgan fingerprint density at radius 1 is 1.18 bits per heavy atom. The van der Waals surface area contributed by atoms with Crippen LogP contribution >= 0.6 is 32.4 Å². The summed E-state index contributed by atoms with van der Waals surface area (Å²) in [4.78, 5) is 14.5. The molecule has 38 heavy (non-hydrogen) atoms. The largest absolute Gasteiger partial charge is 0.493 e. The van der Waals surface area contributed by atoms with Crippen molar-refractivity contribution in [2.24, 2.45) is 4.99 Å². The molecule has 1 N–H and O–H groups in total. The molecule has 208 valence electrons. The van der Waals surface area contributed by atoms with Crippen LogP contribution in [0.4, 0.5) is 14.5 Å². The Bertz CT molecular complexity index is 1190. The summed E-state index contributed by atoms with van der Waals surface area (Å²) in [6, 6.07) is 10.5. The number of hydrogen-bond acceptors (Lipinski definition) is 6. The number of ether oxygens (including phenoxy) is 3. The van der Waals surface area contributed by atoms with Gasteiger partial charge in [-0.2, -0.15) is 8.78 Å². The Morgan fingerprint density at radius 3 is 2.32 bits per heavy atom. The number of benzene rings is 2. The maximum atomic E-state index is 14.4. The van der Waals surface area contributed by atoms with Crippen molar-refractivity contribution in [3.05, 3.63) is 63.3 Å². The van der Waals surface area contributed by atoms with Gasteiger partial charge >= 0.3 is 0 Å². The fourth-order valence-electron chi connectivity index (χ4n) is 4.10. The van der Waals surface area contributed by atoms with Crippen LogP contribution in [0.1, 0.15) is 38.9 Å². The second kappa shape index (κ2) is 14.1. The van der Waals surface area contributed by atoms with Crippen LogP contribution in [0.3, 0.4) is 0 Å². The van der Waals surface area contributed by atoms with E-state index in [0.29, 0.717) is 45.1 Å². The van der Waals surface area contributed by atoms with Crippen molar-refractivity contribution >= 4 is 50.4 Å². The van der Waals surface area contributed by atoms with E-state index in [-0.39, 0.29) is 30.9 Å². The monoisotopic (exact) mass is 590 g/mol. The van der Waals surface area contributed by atoms with Crippen LogP contribution in [-0.4, -0.2) is 49.9 Å². The standard InChI is InChI=1S/C17H20ClF2N2OP.C8H9ClO2.CH2O2/c1-4-14-16-21-8-9(2)15(17(19,20)24)22(16)13-6-5-11(18)7-12(13)10(3)23-14;1-10-7-4-3-6(9)5-8(7)11-2;2-1-3/h5-7,10,14H,4,8,24H2,1-3H3;3-5H,1-2H3;1H,(H,2,3)/t10?,14-;;/m0../s1. The van der Waals surface area contributed by atoms with Gasteiger partial charge in [-0.15, -0.1) is 0 Å². The van der Waals surface area contributed by atoms with Gasteiger partial charge < -0.3 is 19.3 Å². The van der Waals surface area contributed by atoms with Crippen molar-refractivity contribution in [2.45, 2.75) is 45.1 Å². The quantitative estimate of drug-likeness (QED) is 0.299. The zero-order chi connectivity index (χ0) is 28.6. The van der Waals surface area contributed by atoms with Crippen LogP contribution in [0.5, 0.6) is 11.5 Å².